The smallest absolute Gasteiger partial charge is 0.00182 e. The average Bonchev–Trinajstić information content (AvgIpc) is 2.68. The third-order valence-corrected chi connectivity index (χ3v) is 4.58. The molecule has 1 aliphatic rings. The summed E-state index contributed by atoms with van der Waals surface area (Å²) in [6.07, 6.45) is 5.23. The van der Waals surface area contributed by atoms with E-state index < -0.39 is 0 Å². The van der Waals surface area contributed by atoms with Gasteiger partial charge in [-0.15, -0.1) is 0 Å². The van der Waals surface area contributed by atoms with E-state index in [-0.39, 0.29) is 0 Å². The third-order valence-electron chi connectivity index (χ3n) is 4.58. The van der Waals surface area contributed by atoms with Crippen molar-refractivity contribution in [2.75, 3.05) is 0 Å². The SMILES string of the molecule is CCC(C)C1(CC)CCc2ccccc21. The van der Waals surface area contributed by atoms with Gasteiger partial charge in [-0.1, -0.05) is 51.5 Å². The van der Waals surface area contributed by atoms with E-state index in [1.165, 1.54) is 25.7 Å². The summed E-state index contributed by atoms with van der Waals surface area (Å²) in [6.45, 7) is 7.10. The van der Waals surface area contributed by atoms with Crippen molar-refractivity contribution < 1.29 is 0 Å². The number of fused-ring (bicyclic) bond motifs is 1. The highest BCUT2D eigenvalue weighted by atomic mass is 14.4. The molecule has 0 amide bonds. The molecule has 0 nitrogen and oxygen atoms in total. The fourth-order valence-electron chi connectivity index (χ4n) is 3.33. The molecule has 2 atom stereocenters. The Morgan fingerprint density at radius 1 is 1.27 bits per heavy atom. The number of benzene rings is 1. The molecule has 0 heteroatoms. The molecule has 15 heavy (non-hydrogen) atoms. The lowest BCUT2D eigenvalue weighted by atomic mass is 9.69. The van der Waals surface area contributed by atoms with E-state index >= 15 is 0 Å². The summed E-state index contributed by atoms with van der Waals surface area (Å²) in [4.78, 5) is 0. The summed E-state index contributed by atoms with van der Waals surface area (Å²) in [7, 11) is 0. The molecule has 0 bridgehead atoms. The second-order valence-corrected chi connectivity index (χ2v) is 4.98. The molecular formula is C15H22. The highest BCUT2D eigenvalue weighted by Gasteiger charge is 2.40. The van der Waals surface area contributed by atoms with Crippen molar-refractivity contribution in [1.82, 2.24) is 0 Å². The van der Waals surface area contributed by atoms with Crippen molar-refractivity contribution in [3.63, 3.8) is 0 Å². The molecule has 2 rings (SSSR count). The van der Waals surface area contributed by atoms with Gasteiger partial charge in [-0.3, -0.25) is 0 Å². The van der Waals surface area contributed by atoms with Crippen LogP contribution in [0.2, 0.25) is 0 Å². The predicted molar refractivity (Wildman–Crippen MR) is 66.2 cm³/mol. The number of hydrogen-bond acceptors (Lipinski definition) is 0. The van der Waals surface area contributed by atoms with E-state index in [9.17, 15) is 0 Å². The van der Waals surface area contributed by atoms with Crippen molar-refractivity contribution in [3.8, 4) is 0 Å². The highest BCUT2D eigenvalue weighted by Crippen LogP contribution is 2.47. The zero-order valence-electron chi connectivity index (χ0n) is 10.2. The van der Waals surface area contributed by atoms with Crippen LogP contribution < -0.4 is 0 Å². The monoisotopic (exact) mass is 202 g/mol. The Balaban J connectivity index is 2.45. The molecule has 0 radical (unpaired) electrons. The van der Waals surface area contributed by atoms with E-state index in [0.29, 0.717) is 5.41 Å². The second kappa shape index (κ2) is 4.00. The summed E-state index contributed by atoms with van der Waals surface area (Å²) >= 11 is 0. The topological polar surface area (TPSA) is 0 Å². The summed E-state index contributed by atoms with van der Waals surface area (Å²) in [5, 5.41) is 0. The van der Waals surface area contributed by atoms with Gasteiger partial charge < -0.3 is 0 Å². The molecule has 0 N–H and O–H groups in total. The molecule has 1 aromatic carbocycles. The standard InChI is InChI=1S/C15H22/c1-4-12(3)15(5-2)11-10-13-8-6-7-9-14(13)15/h6-9,12H,4-5,10-11H2,1-3H3. The zero-order valence-corrected chi connectivity index (χ0v) is 10.2. The Kier molecular flexibility index (Phi) is 2.86. The van der Waals surface area contributed by atoms with Crippen LogP contribution in [0.1, 0.15) is 51.2 Å². The van der Waals surface area contributed by atoms with Crippen LogP contribution >= 0.6 is 0 Å². The lowest BCUT2D eigenvalue weighted by molar-refractivity contribution is 0.267. The molecule has 0 saturated carbocycles. The molecule has 2 unspecified atom stereocenters. The van der Waals surface area contributed by atoms with Crippen LogP contribution in [0.15, 0.2) is 24.3 Å². The van der Waals surface area contributed by atoms with Gasteiger partial charge in [0, 0.05) is 0 Å². The minimum atomic E-state index is 0.478. The fraction of sp³-hybridized carbons (Fsp3) is 0.600. The third kappa shape index (κ3) is 1.51. The van der Waals surface area contributed by atoms with Gasteiger partial charge in [-0.2, -0.15) is 0 Å². The van der Waals surface area contributed by atoms with E-state index in [4.69, 9.17) is 0 Å². The van der Waals surface area contributed by atoms with E-state index in [0.717, 1.165) is 5.92 Å². The molecule has 0 saturated heterocycles. The molecule has 0 fully saturated rings. The molecule has 0 heterocycles. The molecule has 1 aromatic rings. The van der Waals surface area contributed by atoms with Gasteiger partial charge in [-0.25, -0.2) is 0 Å². The summed E-state index contributed by atoms with van der Waals surface area (Å²) in [5.41, 5.74) is 3.72. The van der Waals surface area contributed by atoms with Gasteiger partial charge in [-0.05, 0) is 41.7 Å². The Bertz CT molecular complexity index is 340. The molecule has 1 aliphatic carbocycles. The Morgan fingerprint density at radius 3 is 2.67 bits per heavy atom. The Hall–Kier alpha value is -0.780. The van der Waals surface area contributed by atoms with Gasteiger partial charge in [0.05, 0.1) is 0 Å². The van der Waals surface area contributed by atoms with Gasteiger partial charge >= 0.3 is 0 Å². The fourth-order valence-corrected chi connectivity index (χ4v) is 3.33. The number of hydrogen-bond donors (Lipinski definition) is 0. The first-order valence-electron chi connectivity index (χ1n) is 6.33. The first kappa shape index (κ1) is 10.7. The number of aryl methyl sites for hydroxylation is 1. The van der Waals surface area contributed by atoms with Crippen molar-refractivity contribution >= 4 is 0 Å². The maximum Gasteiger partial charge on any atom is -0.00182 e. The summed E-state index contributed by atoms with van der Waals surface area (Å²) in [5.74, 6) is 0.811. The number of rotatable bonds is 3. The minimum absolute atomic E-state index is 0.478. The van der Waals surface area contributed by atoms with Crippen LogP contribution in [-0.4, -0.2) is 0 Å². The second-order valence-electron chi connectivity index (χ2n) is 4.98. The van der Waals surface area contributed by atoms with E-state index in [2.05, 4.69) is 45.0 Å². The van der Waals surface area contributed by atoms with Crippen molar-refractivity contribution in [2.45, 2.75) is 51.9 Å². The van der Waals surface area contributed by atoms with Gasteiger partial charge in [0.25, 0.3) is 0 Å². The maximum absolute atomic E-state index is 2.42. The van der Waals surface area contributed by atoms with Gasteiger partial charge in [0.2, 0.25) is 0 Å². The first-order chi connectivity index (χ1) is 7.24. The molecule has 82 valence electrons. The lowest BCUT2D eigenvalue weighted by Crippen LogP contribution is -2.30. The van der Waals surface area contributed by atoms with Crippen LogP contribution in [-0.2, 0) is 11.8 Å². The summed E-state index contributed by atoms with van der Waals surface area (Å²) < 4.78 is 0. The minimum Gasteiger partial charge on any atom is -0.0651 e. The molecule has 0 aliphatic heterocycles. The largest absolute Gasteiger partial charge is 0.0651 e. The Morgan fingerprint density at radius 2 is 2.00 bits per heavy atom. The van der Waals surface area contributed by atoms with Crippen molar-refractivity contribution in [3.05, 3.63) is 35.4 Å². The van der Waals surface area contributed by atoms with E-state index in [1.807, 2.05) is 0 Å². The quantitative estimate of drug-likeness (QED) is 0.684. The van der Waals surface area contributed by atoms with Crippen LogP contribution in [0.25, 0.3) is 0 Å². The van der Waals surface area contributed by atoms with Crippen LogP contribution in [0, 0.1) is 5.92 Å². The van der Waals surface area contributed by atoms with Crippen LogP contribution in [0.5, 0.6) is 0 Å². The zero-order chi connectivity index (χ0) is 10.9. The average molecular weight is 202 g/mol. The van der Waals surface area contributed by atoms with Gasteiger partial charge in [0.1, 0.15) is 0 Å². The Labute approximate surface area is 93.7 Å². The molecular weight excluding hydrogens is 180 g/mol. The predicted octanol–water partition coefficient (Wildman–Crippen LogP) is 4.33. The summed E-state index contributed by atoms with van der Waals surface area (Å²) in [6, 6.07) is 9.06. The van der Waals surface area contributed by atoms with Crippen molar-refractivity contribution in [1.29, 1.82) is 0 Å². The normalized spacial score (nSPS) is 26.3. The van der Waals surface area contributed by atoms with Crippen LogP contribution in [0.3, 0.4) is 0 Å². The van der Waals surface area contributed by atoms with Gasteiger partial charge in [0.15, 0.2) is 0 Å². The maximum atomic E-state index is 2.42. The molecule has 0 aromatic heterocycles. The molecule has 0 spiro atoms. The van der Waals surface area contributed by atoms with E-state index in [1.54, 1.807) is 11.1 Å². The first-order valence-corrected chi connectivity index (χ1v) is 6.33. The van der Waals surface area contributed by atoms with Crippen molar-refractivity contribution in [2.24, 2.45) is 5.92 Å². The lowest BCUT2D eigenvalue weighted by Gasteiger charge is -2.35. The highest BCUT2D eigenvalue weighted by molar-refractivity contribution is 5.39. The van der Waals surface area contributed by atoms with Crippen LogP contribution in [0.4, 0.5) is 0 Å².